The lowest BCUT2D eigenvalue weighted by molar-refractivity contribution is 0.0936. The fourth-order valence-electron chi connectivity index (χ4n) is 2.23. The number of aromatic hydroxyl groups is 1. The van der Waals surface area contributed by atoms with E-state index in [1.807, 2.05) is 6.92 Å². The molecular formula is C17H18FNO3. The van der Waals surface area contributed by atoms with Crippen LogP contribution in [0.3, 0.4) is 0 Å². The normalized spacial score (nSPS) is 11.8. The van der Waals surface area contributed by atoms with Crippen LogP contribution in [0.25, 0.3) is 0 Å². The highest BCUT2D eigenvalue weighted by Crippen LogP contribution is 2.27. The molecule has 0 heterocycles. The van der Waals surface area contributed by atoms with Crippen LogP contribution in [0.5, 0.6) is 11.5 Å². The Morgan fingerprint density at radius 2 is 2.00 bits per heavy atom. The van der Waals surface area contributed by atoms with E-state index in [9.17, 15) is 14.3 Å². The Balaban J connectivity index is 2.25. The molecule has 5 heteroatoms. The fraction of sp³-hybridized carbons (Fsp3) is 0.235. The lowest BCUT2D eigenvalue weighted by Gasteiger charge is -2.18. The van der Waals surface area contributed by atoms with Gasteiger partial charge in [0.15, 0.2) is 0 Å². The maximum Gasteiger partial charge on any atom is 0.255 e. The standard InChI is InChI=1S/C17H18FNO3/c1-10-4-6-15(20)14(8-10)17(21)19-11(2)13-9-12(18)5-7-16(13)22-3/h4-9,11,20H,1-3H3,(H,19,21). The first-order valence-corrected chi connectivity index (χ1v) is 6.86. The van der Waals surface area contributed by atoms with Gasteiger partial charge in [0, 0.05) is 5.56 Å². The van der Waals surface area contributed by atoms with Crippen LogP contribution in [0.2, 0.25) is 0 Å². The molecule has 0 saturated carbocycles. The van der Waals surface area contributed by atoms with E-state index in [0.29, 0.717) is 11.3 Å². The maximum atomic E-state index is 13.4. The van der Waals surface area contributed by atoms with Crippen molar-refractivity contribution in [2.24, 2.45) is 0 Å². The summed E-state index contributed by atoms with van der Waals surface area (Å²) in [6.45, 7) is 3.55. The van der Waals surface area contributed by atoms with Crippen molar-refractivity contribution in [3.8, 4) is 11.5 Å². The number of aryl methyl sites for hydroxylation is 1. The molecule has 0 aliphatic carbocycles. The van der Waals surface area contributed by atoms with Gasteiger partial charge in [-0.05, 0) is 44.2 Å². The second-order valence-corrected chi connectivity index (χ2v) is 5.10. The molecule has 22 heavy (non-hydrogen) atoms. The summed E-state index contributed by atoms with van der Waals surface area (Å²) in [5.74, 6) is -0.445. The second-order valence-electron chi connectivity index (χ2n) is 5.10. The van der Waals surface area contributed by atoms with E-state index in [2.05, 4.69) is 5.32 Å². The molecule has 0 aliphatic rings. The second kappa shape index (κ2) is 6.47. The average molecular weight is 303 g/mol. The van der Waals surface area contributed by atoms with Gasteiger partial charge in [0.05, 0.1) is 18.7 Å². The molecule has 1 amide bonds. The first-order chi connectivity index (χ1) is 10.4. The third-order valence-electron chi connectivity index (χ3n) is 3.40. The zero-order valence-electron chi connectivity index (χ0n) is 12.7. The van der Waals surface area contributed by atoms with Crippen molar-refractivity contribution in [3.63, 3.8) is 0 Å². The molecule has 0 aromatic heterocycles. The largest absolute Gasteiger partial charge is 0.507 e. The molecule has 0 spiro atoms. The van der Waals surface area contributed by atoms with Crippen LogP contribution in [-0.4, -0.2) is 18.1 Å². The Kier molecular flexibility index (Phi) is 4.65. The number of carbonyl (C=O) groups is 1. The Morgan fingerprint density at radius 1 is 1.27 bits per heavy atom. The van der Waals surface area contributed by atoms with E-state index in [1.165, 1.54) is 31.4 Å². The van der Waals surface area contributed by atoms with Gasteiger partial charge in [-0.3, -0.25) is 4.79 Å². The summed E-state index contributed by atoms with van der Waals surface area (Å²) in [4.78, 5) is 12.3. The average Bonchev–Trinajstić information content (AvgIpc) is 2.49. The van der Waals surface area contributed by atoms with Crippen LogP contribution in [-0.2, 0) is 0 Å². The Labute approximate surface area is 128 Å². The van der Waals surface area contributed by atoms with Gasteiger partial charge < -0.3 is 15.2 Å². The summed E-state index contributed by atoms with van der Waals surface area (Å²) < 4.78 is 18.6. The molecule has 1 atom stereocenters. The molecule has 0 aliphatic heterocycles. The number of rotatable bonds is 4. The van der Waals surface area contributed by atoms with Crippen LogP contribution < -0.4 is 10.1 Å². The lowest BCUT2D eigenvalue weighted by Crippen LogP contribution is -2.27. The number of phenols is 1. The van der Waals surface area contributed by atoms with Gasteiger partial charge in [-0.15, -0.1) is 0 Å². The van der Waals surface area contributed by atoms with Crippen LogP contribution >= 0.6 is 0 Å². The summed E-state index contributed by atoms with van der Waals surface area (Å²) in [5.41, 5.74) is 1.57. The van der Waals surface area contributed by atoms with Crippen LogP contribution in [0.1, 0.15) is 34.5 Å². The highest BCUT2D eigenvalue weighted by atomic mass is 19.1. The quantitative estimate of drug-likeness (QED) is 0.910. The van der Waals surface area contributed by atoms with Crippen LogP contribution in [0.4, 0.5) is 4.39 Å². The van der Waals surface area contributed by atoms with Gasteiger partial charge in [0.1, 0.15) is 17.3 Å². The third-order valence-corrected chi connectivity index (χ3v) is 3.40. The molecule has 0 saturated heterocycles. The fourth-order valence-corrected chi connectivity index (χ4v) is 2.23. The number of amides is 1. The minimum Gasteiger partial charge on any atom is -0.507 e. The Hall–Kier alpha value is -2.56. The number of hydrogen-bond acceptors (Lipinski definition) is 3. The number of methoxy groups -OCH3 is 1. The molecule has 1 unspecified atom stereocenters. The predicted octanol–water partition coefficient (Wildman–Crippen LogP) is 3.34. The van der Waals surface area contributed by atoms with Crippen molar-refractivity contribution >= 4 is 5.91 Å². The van der Waals surface area contributed by atoms with Crippen molar-refractivity contribution in [1.82, 2.24) is 5.32 Å². The summed E-state index contributed by atoms with van der Waals surface area (Å²) in [7, 11) is 1.48. The number of carbonyl (C=O) groups excluding carboxylic acids is 1. The SMILES string of the molecule is COc1ccc(F)cc1C(C)NC(=O)c1cc(C)ccc1O. The molecule has 2 N–H and O–H groups in total. The summed E-state index contributed by atoms with van der Waals surface area (Å²) in [5, 5.41) is 12.5. The summed E-state index contributed by atoms with van der Waals surface area (Å²) >= 11 is 0. The van der Waals surface area contributed by atoms with Gasteiger partial charge in [0.2, 0.25) is 0 Å². The highest BCUT2D eigenvalue weighted by Gasteiger charge is 2.18. The summed E-state index contributed by atoms with van der Waals surface area (Å²) in [6.07, 6.45) is 0. The third kappa shape index (κ3) is 3.36. The van der Waals surface area contributed by atoms with E-state index in [1.54, 1.807) is 19.1 Å². The monoisotopic (exact) mass is 303 g/mol. The number of phenolic OH excluding ortho intramolecular Hbond substituents is 1. The van der Waals surface area contributed by atoms with Crippen LogP contribution in [0.15, 0.2) is 36.4 Å². The zero-order chi connectivity index (χ0) is 16.3. The van der Waals surface area contributed by atoms with E-state index in [0.717, 1.165) is 5.56 Å². The van der Waals surface area contributed by atoms with Gasteiger partial charge in [-0.25, -0.2) is 4.39 Å². The first kappa shape index (κ1) is 15.8. The number of ether oxygens (including phenoxy) is 1. The number of nitrogens with one attached hydrogen (secondary N) is 1. The minimum atomic E-state index is -0.474. The van der Waals surface area contributed by atoms with E-state index in [-0.39, 0.29) is 11.3 Å². The van der Waals surface area contributed by atoms with E-state index in [4.69, 9.17) is 4.74 Å². The maximum absolute atomic E-state index is 13.4. The number of benzene rings is 2. The summed E-state index contributed by atoms with van der Waals surface area (Å²) in [6, 6.07) is 8.43. The Morgan fingerprint density at radius 3 is 2.68 bits per heavy atom. The number of hydrogen-bond donors (Lipinski definition) is 2. The first-order valence-electron chi connectivity index (χ1n) is 6.86. The smallest absolute Gasteiger partial charge is 0.255 e. The van der Waals surface area contributed by atoms with E-state index >= 15 is 0 Å². The molecule has 2 aromatic carbocycles. The van der Waals surface area contributed by atoms with Crippen molar-refractivity contribution < 1.29 is 19.0 Å². The predicted molar refractivity (Wildman–Crippen MR) is 81.7 cm³/mol. The van der Waals surface area contributed by atoms with Gasteiger partial charge in [-0.1, -0.05) is 11.6 Å². The number of halogens is 1. The molecule has 4 nitrogen and oxygen atoms in total. The van der Waals surface area contributed by atoms with Crippen molar-refractivity contribution in [1.29, 1.82) is 0 Å². The van der Waals surface area contributed by atoms with Gasteiger partial charge in [0.25, 0.3) is 5.91 Å². The zero-order valence-corrected chi connectivity index (χ0v) is 12.7. The van der Waals surface area contributed by atoms with Crippen molar-refractivity contribution in [3.05, 3.63) is 58.9 Å². The topological polar surface area (TPSA) is 58.6 Å². The molecular weight excluding hydrogens is 285 g/mol. The Bertz CT molecular complexity index is 700. The molecule has 0 radical (unpaired) electrons. The lowest BCUT2D eigenvalue weighted by atomic mass is 10.1. The van der Waals surface area contributed by atoms with Gasteiger partial charge in [-0.2, -0.15) is 0 Å². The highest BCUT2D eigenvalue weighted by molar-refractivity contribution is 5.97. The van der Waals surface area contributed by atoms with E-state index < -0.39 is 17.8 Å². The molecule has 0 bridgehead atoms. The molecule has 2 rings (SSSR count). The molecule has 0 fully saturated rings. The molecule has 2 aromatic rings. The van der Waals surface area contributed by atoms with Gasteiger partial charge >= 0.3 is 0 Å². The van der Waals surface area contributed by atoms with Crippen molar-refractivity contribution in [2.45, 2.75) is 19.9 Å². The van der Waals surface area contributed by atoms with Crippen molar-refractivity contribution in [2.75, 3.05) is 7.11 Å². The molecule has 116 valence electrons. The minimum absolute atomic E-state index is 0.0958. The van der Waals surface area contributed by atoms with Crippen LogP contribution in [0, 0.1) is 12.7 Å².